The van der Waals surface area contributed by atoms with E-state index in [2.05, 4.69) is 28.9 Å². The Hall–Kier alpha value is -0.570. The molecule has 0 aliphatic carbocycles. The molecular formula is C16H23ClN2. The average molecular weight is 279 g/mol. The molecule has 0 saturated carbocycles. The first-order valence-electron chi connectivity index (χ1n) is 7.49. The Morgan fingerprint density at radius 1 is 1.26 bits per heavy atom. The molecule has 2 saturated heterocycles. The fraction of sp³-hybridized carbons (Fsp3) is 0.625. The summed E-state index contributed by atoms with van der Waals surface area (Å²) in [6, 6.07) is 9.74. The zero-order chi connectivity index (χ0) is 13.2. The van der Waals surface area contributed by atoms with Crippen LogP contribution in [0.25, 0.3) is 0 Å². The zero-order valence-electron chi connectivity index (χ0n) is 11.7. The molecule has 0 N–H and O–H groups in total. The van der Waals surface area contributed by atoms with Crippen LogP contribution in [0, 0.1) is 0 Å². The van der Waals surface area contributed by atoms with Crippen LogP contribution in [0.15, 0.2) is 24.3 Å². The molecule has 0 radical (unpaired) electrons. The molecule has 1 aromatic rings. The second-order valence-corrected chi connectivity index (χ2v) is 6.28. The highest BCUT2D eigenvalue weighted by Crippen LogP contribution is 2.28. The van der Waals surface area contributed by atoms with E-state index in [1.807, 2.05) is 12.1 Å². The van der Waals surface area contributed by atoms with Gasteiger partial charge < -0.3 is 0 Å². The monoisotopic (exact) mass is 278 g/mol. The lowest BCUT2D eigenvalue weighted by Crippen LogP contribution is -2.55. The van der Waals surface area contributed by atoms with Gasteiger partial charge in [-0.2, -0.15) is 0 Å². The normalized spacial score (nSPS) is 28.5. The predicted octanol–water partition coefficient (Wildman–Crippen LogP) is 3.40. The first-order chi connectivity index (χ1) is 9.28. The Labute approximate surface area is 121 Å². The number of fused-ring (bicyclic) bond motifs is 1. The van der Waals surface area contributed by atoms with Crippen molar-refractivity contribution in [1.29, 1.82) is 0 Å². The third-order valence-electron chi connectivity index (χ3n) is 4.71. The van der Waals surface area contributed by atoms with Gasteiger partial charge in [0.2, 0.25) is 0 Å². The van der Waals surface area contributed by atoms with E-state index in [4.69, 9.17) is 11.6 Å². The van der Waals surface area contributed by atoms with E-state index in [0.29, 0.717) is 6.04 Å². The molecular weight excluding hydrogens is 256 g/mol. The van der Waals surface area contributed by atoms with Gasteiger partial charge in [-0.15, -0.1) is 0 Å². The Morgan fingerprint density at radius 3 is 2.89 bits per heavy atom. The van der Waals surface area contributed by atoms with Gasteiger partial charge in [0.1, 0.15) is 0 Å². The molecule has 0 bridgehead atoms. The molecule has 0 aromatic heterocycles. The van der Waals surface area contributed by atoms with Gasteiger partial charge in [-0.25, -0.2) is 0 Å². The van der Waals surface area contributed by atoms with E-state index in [9.17, 15) is 0 Å². The Bertz CT molecular complexity index is 435. The third-order valence-corrected chi connectivity index (χ3v) is 5.08. The number of piperazine rings is 1. The lowest BCUT2D eigenvalue weighted by atomic mass is 10.0. The second kappa shape index (κ2) is 5.82. The maximum Gasteiger partial charge on any atom is 0.0451 e. The van der Waals surface area contributed by atoms with Crippen molar-refractivity contribution in [3.8, 4) is 0 Å². The van der Waals surface area contributed by atoms with Crippen molar-refractivity contribution >= 4 is 11.6 Å². The van der Waals surface area contributed by atoms with Crippen LogP contribution in [-0.2, 0) is 6.54 Å². The number of hydrogen-bond donors (Lipinski definition) is 0. The molecule has 104 valence electrons. The minimum atomic E-state index is 0.686. The van der Waals surface area contributed by atoms with E-state index < -0.39 is 0 Å². The fourth-order valence-corrected chi connectivity index (χ4v) is 3.77. The largest absolute Gasteiger partial charge is 0.298 e. The Kier molecular flexibility index (Phi) is 4.11. The summed E-state index contributed by atoms with van der Waals surface area (Å²) in [5.74, 6) is 0. The van der Waals surface area contributed by atoms with Crippen LogP contribution in [0.2, 0.25) is 5.02 Å². The van der Waals surface area contributed by atoms with Crippen molar-refractivity contribution in [3.05, 3.63) is 34.9 Å². The summed E-state index contributed by atoms with van der Waals surface area (Å²) in [5, 5.41) is 0.909. The summed E-state index contributed by atoms with van der Waals surface area (Å²) >= 11 is 6.31. The molecule has 2 atom stereocenters. The summed E-state index contributed by atoms with van der Waals surface area (Å²) in [7, 11) is 0. The van der Waals surface area contributed by atoms with Crippen molar-refractivity contribution < 1.29 is 0 Å². The van der Waals surface area contributed by atoms with Gasteiger partial charge in [-0.05, 0) is 37.4 Å². The van der Waals surface area contributed by atoms with Gasteiger partial charge in [-0.1, -0.05) is 36.7 Å². The summed E-state index contributed by atoms with van der Waals surface area (Å²) in [6.07, 6.45) is 3.98. The van der Waals surface area contributed by atoms with Crippen LogP contribution in [0.3, 0.4) is 0 Å². The van der Waals surface area contributed by atoms with Crippen molar-refractivity contribution in [2.45, 2.75) is 44.8 Å². The summed E-state index contributed by atoms with van der Waals surface area (Å²) in [4.78, 5) is 5.34. The van der Waals surface area contributed by atoms with Gasteiger partial charge in [0.05, 0.1) is 0 Å². The lowest BCUT2D eigenvalue weighted by molar-refractivity contribution is 0.0437. The minimum absolute atomic E-state index is 0.686. The molecule has 2 unspecified atom stereocenters. The van der Waals surface area contributed by atoms with Gasteiger partial charge in [-0.3, -0.25) is 9.80 Å². The lowest BCUT2D eigenvalue weighted by Gasteiger charge is -2.43. The number of halogens is 1. The standard InChI is InChI=1S/C16H23ClN2/c1-2-14-11-18-9-5-7-15(18)12-19(14)10-13-6-3-4-8-16(13)17/h3-4,6,8,14-15H,2,5,7,9-12H2,1H3. The van der Waals surface area contributed by atoms with Crippen molar-refractivity contribution in [3.63, 3.8) is 0 Å². The summed E-state index contributed by atoms with van der Waals surface area (Å²) in [6.45, 7) is 7.07. The van der Waals surface area contributed by atoms with Gasteiger partial charge in [0.15, 0.2) is 0 Å². The van der Waals surface area contributed by atoms with E-state index in [0.717, 1.165) is 17.6 Å². The van der Waals surface area contributed by atoms with Gasteiger partial charge >= 0.3 is 0 Å². The summed E-state index contributed by atoms with van der Waals surface area (Å²) in [5.41, 5.74) is 1.27. The van der Waals surface area contributed by atoms with Crippen LogP contribution in [0.5, 0.6) is 0 Å². The molecule has 1 aromatic carbocycles. The number of benzene rings is 1. The molecule has 2 nitrogen and oxygen atoms in total. The number of rotatable bonds is 3. The van der Waals surface area contributed by atoms with Crippen molar-refractivity contribution in [2.24, 2.45) is 0 Å². The third kappa shape index (κ3) is 2.81. The van der Waals surface area contributed by atoms with Crippen LogP contribution < -0.4 is 0 Å². The molecule has 19 heavy (non-hydrogen) atoms. The van der Waals surface area contributed by atoms with Crippen LogP contribution in [0.1, 0.15) is 31.7 Å². The smallest absolute Gasteiger partial charge is 0.0451 e. The van der Waals surface area contributed by atoms with Crippen LogP contribution >= 0.6 is 11.6 Å². The topological polar surface area (TPSA) is 6.48 Å². The first kappa shape index (κ1) is 13.4. The maximum atomic E-state index is 6.31. The maximum absolute atomic E-state index is 6.31. The molecule has 2 aliphatic heterocycles. The average Bonchev–Trinajstić information content (AvgIpc) is 2.87. The molecule has 2 heterocycles. The van der Waals surface area contributed by atoms with E-state index >= 15 is 0 Å². The van der Waals surface area contributed by atoms with Crippen LogP contribution in [0.4, 0.5) is 0 Å². The minimum Gasteiger partial charge on any atom is -0.298 e. The highest BCUT2D eigenvalue weighted by atomic mass is 35.5. The van der Waals surface area contributed by atoms with Gasteiger partial charge in [0.25, 0.3) is 0 Å². The highest BCUT2D eigenvalue weighted by molar-refractivity contribution is 6.31. The molecule has 0 amide bonds. The fourth-order valence-electron chi connectivity index (χ4n) is 3.57. The Morgan fingerprint density at radius 2 is 2.11 bits per heavy atom. The molecule has 3 rings (SSSR count). The van der Waals surface area contributed by atoms with E-state index in [1.165, 1.54) is 44.5 Å². The van der Waals surface area contributed by atoms with E-state index in [1.54, 1.807) is 0 Å². The Balaban J connectivity index is 1.73. The van der Waals surface area contributed by atoms with E-state index in [-0.39, 0.29) is 0 Å². The quantitative estimate of drug-likeness (QED) is 0.836. The zero-order valence-corrected chi connectivity index (χ0v) is 12.4. The van der Waals surface area contributed by atoms with Crippen molar-refractivity contribution in [2.75, 3.05) is 19.6 Å². The SMILES string of the molecule is CCC1CN2CCCC2CN1Cc1ccccc1Cl. The second-order valence-electron chi connectivity index (χ2n) is 5.87. The summed E-state index contributed by atoms with van der Waals surface area (Å²) < 4.78 is 0. The molecule has 2 fully saturated rings. The highest BCUT2D eigenvalue weighted by Gasteiger charge is 2.35. The van der Waals surface area contributed by atoms with Crippen molar-refractivity contribution in [1.82, 2.24) is 9.80 Å². The number of nitrogens with zero attached hydrogens (tertiary/aromatic N) is 2. The predicted molar refractivity (Wildman–Crippen MR) is 80.5 cm³/mol. The first-order valence-corrected chi connectivity index (χ1v) is 7.87. The number of hydrogen-bond acceptors (Lipinski definition) is 2. The molecule has 3 heteroatoms. The van der Waals surface area contributed by atoms with Gasteiger partial charge in [0, 0.05) is 36.7 Å². The molecule has 0 spiro atoms. The van der Waals surface area contributed by atoms with Crippen LogP contribution in [-0.4, -0.2) is 41.5 Å². The molecule has 2 aliphatic rings.